The SMILES string of the molecule is COC(=O)NC(C(=O)N1CCCC1c1nc2ccc(-c3cc4sc(-c5ccc(-c6cnc(C7CCCN7)[nH]6)cc5)cc4s3)cc2[nH]1)C(C)C. The van der Waals surface area contributed by atoms with Crippen LogP contribution >= 0.6 is 22.7 Å². The third kappa shape index (κ3) is 6.13. The average molecular weight is 694 g/mol. The maximum Gasteiger partial charge on any atom is 0.407 e. The number of methoxy groups -OCH3 is 1. The van der Waals surface area contributed by atoms with Gasteiger partial charge in [-0.15, -0.1) is 22.7 Å². The van der Waals surface area contributed by atoms with Crippen molar-refractivity contribution in [2.45, 2.75) is 57.7 Å². The van der Waals surface area contributed by atoms with Crippen molar-refractivity contribution in [3.63, 3.8) is 0 Å². The number of rotatable bonds is 8. The van der Waals surface area contributed by atoms with E-state index in [1.165, 1.54) is 38.2 Å². The fraction of sp³-hybridized carbons (Fsp3) is 0.351. The van der Waals surface area contributed by atoms with Gasteiger partial charge in [-0.25, -0.2) is 14.8 Å². The van der Waals surface area contributed by atoms with Crippen LogP contribution in [-0.2, 0) is 9.53 Å². The summed E-state index contributed by atoms with van der Waals surface area (Å²) in [6, 6.07) is 19.1. The lowest BCUT2D eigenvalue weighted by atomic mass is 10.0. The minimum absolute atomic E-state index is 0.0802. The molecule has 2 fully saturated rings. The Hall–Kier alpha value is -4.52. The van der Waals surface area contributed by atoms with Gasteiger partial charge >= 0.3 is 6.09 Å². The second-order valence-corrected chi connectivity index (χ2v) is 15.4. The van der Waals surface area contributed by atoms with Gasteiger partial charge in [-0.1, -0.05) is 44.2 Å². The monoisotopic (exact) mass is 693 g/mol. The molecule has 3 atom stereocenters. The number of imidazole rings is 2. The molecule has 252 valence electrons. The number of alkyl carbamates (subject to hydrolysis) is 1. The van der Waals surface area contributed by atoms with Gasteiger partial charge in [-0.05, 0) is 79.1 Å². The summed E-state index contributed by atoms with van der Waals surface area (Å²) >= 11 is 3.61. The molecule has 2 aromatic carbocycles. The van der Waals surface area contributed by atoms with E-state index in [4.69, 9.17) is 9.72 Å². The summed E-state index contributed by atoms with van der Waals surface area (Å²) in [5.74, 6) is 1.61. The van der Waals surface area contributed by atoms with Crippen molar-refractivity contribution in [3.05, 3.63) is 72.4 Å². The van der Waals surface area contributed by atoms with Crippen molar-refractivity contribution < 1.29 is 14.3 Å². The van der Waals surface area contributed by atoms with Crippen molar-refractivity contribution in [2.75, 3.05) is 20.2 Å². The molecule has 0 saturated carbocycles. The van der Waals surface area contributed by atoms with E-state index in [0.29, 0.717) is 12.6 Å². The molecule has 6 heterocycles. The van der Waals surface area contributed by atoms with E-state index >= 15 is 0 Å². The Kier molecular flexibility index (Phi) is 8.46. The lowest BCUT2D eigenvalue weighted by molar-refractivity contribution is -0.135. The van der Waals surface area contributed by atoms with E-state index in [1.54, 1.807) is 11.3 Å². The van der Waals surface area contributed by atoms with E-state index < -0.39 is 12.1 Å². The van der Waals surface area contributed by atoms with Gasteiger partial charge in [0, 0.05) is 25.7 Å². The number of carbonyl (C=O) groups is 2. The van der Waals surface area contributed by atoms with Crippen LogP contribution in [0.5, 0.6) is 0 Å². The number of ether oxygens (including phenoxy) is 1. The Morgan fingerprint density at radius 1 is 0.918 bits per heavy atom. The molecule has 4 aromatic heterocycles. The van der Waals surface area contributed by atoms with Gasteiger partial charge in [-0.2, -0.15) is 0 Å². The molecule has 0 aliphatic carbocycles. The Morgan fingerprint density at radius 2 is 1.65 bits per heavy atom. The van der Waals surface area contributed by atoms with Crippen LogP contribution in [0, 0.1) is 5.92 Å². The molecule has 2 aliphatic rings. The maximum absolute atomic E-state index is 13.6. The molecular formula is C37H39N7O3S2. The van der Waals surface area contributed by atoms with Crippen LogP contribution in [0.1, 0.15) is 63.3 Å². The average Bonchev–Trinajstić information content (AvgIpc) is 3.95. The van der Waals surface area contributed by atoms with Gasteiger partial charge in [0.1, 0.15) is 17.7 Å². The number of hydrogen-bond acceptors (Lipinski definition) is 8. The summed E-state index contributed by atoms with van der Waals surface area (Å²) in [5, 5.41) is 6.23. The molecule has 2 amide bonds. The van der Waals surface area contributed by atoms with Crippen LogP contribution in [0.15, 0.2) is 60.8 Å². The van der Waals surface area contributed by atoms with E-state index in [-0.39, 0.29) is 17.9 Å². The molecule has 49 heavy (non-hydrogen) atoms. The highest BCUT2D eigenvalue weighted by atomic mass is 32.1. The normalized spacial score (nSPS) is 18.6. The molecule has 8 rings (SSSR count). The number of carbonyl (C=O) groups excluding carboxylic acids is 2. The number of nitrogens with zero attached hydrogens (tertiary/aromatic N) is 3. The molecular weight excluding hydrogens is 655 g/mol. The predicted molar refractivity (Wildman–Crippen MR) is 196 cm³/mol. The number of thiophene rings is 2. The molecule has 2 aliphatic heterocycles. The zero-order valence-electron chi connectivity index (χ0n) is 27.7. The third-order valence-corrected chi connectivity index (χ3v) is 12.1. The predicted octanol–water partition coefficient (Wildman–Crippen LogP) is 8.03. The van der Waals surface area contributed by atoms with Crippen LogP contribution < -0.4 is 10.6 Å². The largest absolute Gasteiger partial charge is 0.453 e. The third-order valence-electron chi connectivity index (χ3n) is 9.70. The Morgan fingerprint density at radius 3 is 2.37 bits per heavy atom. The van der Waals surface area contributed by atoms with Crippen molar-refractivity contribution >= 4 is 55.1 Å². The Bertz CT molecular complexity index is 2110. The van der Waals surface area contributed by atoms with Crippen molar-refractivity contribution in [2.24, 2.45) is 5.92 Å². The number of benzene rings is 2. The number of amides is 2. The molecule has 6 aromatic rings. The minimum Gasteiger partial charge on any atom is -0.453 e. The van der Waals surface area contributed by atoms with Crippen LogP contribution in [0.3, 0.4) is 0 Å². The Balaban J connectivity index is 0.985. The minimum atomic E-state index is -0.661. The topological polar surface area (TPSA) is 128 Å². The molecule has 4 N–H and O–H groups in total. The highest BCUT2D eigenvalue weighted by Crippen LogP contribution is 2.42. The second-order valence-electron chi connectivity index (χ2n) is 13.3. The van der Waals surface area contributed by atoms with Crippen molar-refractivity contribution in [3.8, 4) is 32.1 Å². The summed E-state index contributed by atoms with van der Waals surface area (Å²) in [6.07, 6.45) is 5.35. The number of aromatic amines is 2. The first-order valence-corrected chi connectivity index (χ1v) is 18.6. The first-order valence-electron chi connectivity index (χ1n) is 16.9. The van der Waals surface area contributed by atoms with E-state index in [9.17, 15) is 9.59 Å². The van der Waals surface area contributed by atoms with Gasteiger partial charge in [-0.3, -0.25) is 4.79 Å². The van der Waals surface area contributed by atoms with E-state index in [0.717, 1.165) is 65.3 Å². The molecule has 0 bridgehead atoms. The molecule has 10 nitrogen and oxygen atoms in total. The fourth-order valence-corrected chi connectivity index (χ4v) is 9.44. The quantitative estimate of drug-likeness (QED) is 0.128. The smallest absolute Gasteiger partial charge is 0.407 e. The summed E-state index contributed by atoms with van der Waals surface area (Å²) < 4.78 is 7.31. The number of likely N-dealkylation sites (tertiary alicyclic amines) is 1. The second kappa shape index (κ2) is 13.1. The van der Waals surface area contributed by atoms with Crippen LogP contribution in [-0.4, -0.2) is 63.1 Å². The summed E-state index contributed by atoms with van der Waals surface area (Å²) in [7, 11) is 1.31. The molecule has 0 spiro atoms. The van der Waals surface area contributed by atoms with E-state index in [2.05, 4.69) is 80.2 Å². The number of H-pyrrole nitrogens is 2. The summed E-state index contributed by atoms with van der Waals surface area (Å²) in [6.45, 7) is 5.52. The van der Waals surface area contributed by atoms with Gasteiger partial charge in [0.15, 0.2) is 0 Å². The molecule has 2 saturated heterocycles. The molecule has 3 unspecified atom stereocenters. The van der Waals surface area contributed by atoms with Gasteiger partial charge < -0.3 is 30.2 Å². The summed E-state index contributed by atoms with van der Waals surface area (Å²) in [5.41, 5.74) is 6.35. The van der Waals surface area contributed by atoms with Crippen molar-refractivity contribution in [1.82, 2.24) is 35.5 Å². The summed E-state index contributed by atoms with van der Waals surface area (Å²) in [4.78, 5) is 46.4. The first-order chi connectivity index (χ1) is 23.8. The number of aromatic nitrogens is 4. The van der Waals surface area contributed by atoms with Crippen LogP contribution in [0.2, 0.25) is 0 Å². The lowest BCUT2D eigenvalue weighted by Crippen LogP contribution is -2.51. The van der Waals surface area contributed by atoms with Crippen LogP contribution in [0.25, 0.3) is 52.6 Å². The standard InChI is InChI=1S/C37H39N7O3S2/c1-20(2)33(43-37(46)47-3)36(45)44-15-5-7-28(44)35-40-24-13-12-23(16-26(24)41-35)30-18-32-31(49-30)17-29(48-32)22-10-8-21(9-11-22)27-19-39-34(42-27)25-6-4-14-38-25/h8-13,16-20,25,28,33,38H,4-7,14-15H2,1-3H3,(H,39,42)(H,40,41)(H,43,46). The maximum atomic E-state index is 13.6. The fourth-order valence-electron chi connectivity index (χ4n) is 7.05. The van der Waals surface area contributed by atoms with Crippen LogP contribution in [0.4, 0.5) is 4.79 Å². The molecule has 0 radical (unpaired) electrons. The van der Waals surface area contributed by atoms with E-state index in [1.807, 2.05) is 36.3 Å². The highest BCUT2D eigenvalue weighted by Gasteiger charge is 2.37. The highest BCUT2D eigenvalue weighted by molar-refractivity contribution is 7.31. The van der Waals surface area contributed by atoms with Gasteiger partial charge in [0.2, 0.25) is 5.91 Å². The number of nitrogens with one attached hydrogen (secondary N) is 4. The first kappa shape index (κ1) is 31.7. The number of fused-ring (bicyclic) bond motifs is 2. The number of hydrogen-bond donors (Lipinski definition) is 4. The van der Waals surface area contributed by atoms with Crippen molar-refractivity contribution in [1.29, 1.82) is 0 Å². The Labute approximate surface area is 292 Å². The zero-order chi connectivity index (χ0) is 33.6. The van der Waals surface area contributed by atoms with Gasteiger partial charge in [0.25, 0.3) is 0 Å². The molecule has 12 heteroatoms. The van der Waals surface area contributed by atoms with Gasteiger partial charge in [0.05, 0.1) is 42.1 Å². The zero-order valence-corrected chi connectivity index (χ0v) is 29.3. The lowest BCUT2D eigenvalue weighted by Gasteiger charge is -2.29.